The molecular weight excluding hydrogens is 564 g/mol. The predicted octanol–water partition coefficient (Wildman–Crippen LogP) is 2.04. The SMILES string of the molecule is CCC(C)C(NC(=O)C(N)Cc1ccc(O)cc1)C(=O)NC(Cc1ccccc1)C(=O)NC(Cc1ccc(O)cc1)C(=O)O. The molecule has 5 atom stereocenters. The largest absolute Gasteiger partial charge is 0.508 e. The van der Waals surface area contributed by atoms with E-state index >= 15 is 0 Å². The minimum atomic E-state index is -1.30. The lowest BCUT2D eigenvalue weighted by Gasteiger charge is -2.28. The first-order chi connectivity index (χ1) is 21.0. The lowest BCUT2D eigenvalue weighted by Crippen LogP contribution is -2.59. The zero-order chi connectivity index (χ0) is 32.2. The number of amides is 3. The Morgan fingerprint density at radius 1 is 0.659 bits per heavy atom. The number of rotatable bonds is 15. The van der Waals surface area contributed by atoms with Crippen molar-refractivity contribution in [1.82, 2.24) is 16.0 Å². The number of hydrogen-bond donors (Lipinski definition) is 7. The average Bonchev–Trinajstić information content (AvgIpc) is 3.01. The molecule has 5 unspecified atom stereocenters. The van der Waals surface area contributed by atoms with Crippen molar-refractivity contribution in [2.24, 2.45) is 11.7 Å². The Bertz CT molecular complexity index is 1400. The molecule has 3 aromatic rings. The Hall–Kier alpha value is -4.90. The summed E-state index contributed by atoms with van der Waals surface area (Å²) in [6.07, 6.45) is 0.746. The second-order valence-electron chi connectivity index (χ2n) is 10.9. The fourth-order valence-electron chi connectivity index (χ4n) is 4.60. The number of aliphatic carboxylic acids is 1. The van der Waals surface area contributed by atoms with E-state index in [1.165, 1.54) is 24.3 Å². The Balaban J connectivity index is 1.77. The van der Waals surface area contributed by atoms with Crippen LogP contribution >= 0.6 is 0 Å². The first-order valence-corrected chi connectivity index (χ1v) is 14.5. The fraction of sp³-hybridized carbons (Fsp3) is 0.333. The number of nitrogens with one attached hydrogen (secondary N) is 3. The van der Waals surface area contributed by atoms with E-state index in [1.54, 1.807) is 55.5 Å². The van der Waals surface area contributed by atoms with Crippen LogP contribution < -0.4 is 21.7 Å². The number of aromatic hydroxyl groups is 2. The molecule has 0 saturated heterocycles. The van der Waals surface area contributed by atoms with Crippen LogP contribution in [0.1, 0.15) is 37.0 Å². The second-order valence-corrected chi connectivity index (χ2v) is 10.9. The molecule has 0 aromatic heterocycles. The van der Waals surface area contributed by atoms with Crippen molar-refractivity contribution in [1.29, 1.82) is 0 Å². The second kappa shape index (κ2) is 16.1. The van der Waals surface area contributed by atoms with Gasteiger partial charge < -0.3 is 37.0 Å². The standard InChI is InChI=1S/C33H40N4O7/c1-3-20(2)29(37-30(40)26(34)17-22-9-13-24(38)14-10-22)32(42)35-27(18-21-7-5-4-6-8-21)31(41)36-28(33(43)44)19-23-11-15-25(39)16-12-23/h4-16,20,26-29,38-39H,3,17-19,34H2,1-2H3,(H,35,42)(H,36,41)(H,37,40)(H,43,44). The van der Waals surface area contributed by atoms with E-state index < -0.39 is 47.9 Å². The molecule has 0 spiro atoms. The molecule has 0 radical (unpaired) electrons. The molecule has 11 heteroatoms. The zero-order valence-corrected chi connectivity index (χ0v) is 24.8. The van der Waals surface area contributed by atoms with Crippen LogP contribution in [0.4, 0.5) is 0 Å². The lowest BCUT2D eigenvalue weighted by molar-refractivity contribution is -0.142. The quantitative estimate of drug-likeness (QED) is 0.137. The Labute approximate surface area is 256 Å². The summed E-state index contributed by atoms with van der Waals surface area (Å²) in [5.74, 6) is -3.32. The molecule has 3 amide bonds. The third-order valence-electron chi connectivity index (χ3n) is 7.43. The summed E-state index contributed by atoms with van der Waals surface area (Å²) in [6, 6.07) is 16.8. The van der Waals surface area contributed by atoms with E-state index in [-0.39, 0.29) is 36.7 Å². The molecule has 0 fully saturated rings. The third-order valence-corrected chi connectivity index (χ3v) is 7.43. The molecule has 0 aliphatic carbocycles. The van der Waals surface area contributed by atoms with Gasteiger partial charge in [0.2, 0.25) is 17.7 Å². The first-order valence-electron chi connectivity index (χ1n) is 14.5. The van der Waals surface area contributed by atoms with Crippen molar-refractivity contribution in [3.05, 3.63) is 95.6 Å². The smallest absolute Gasteiger partial charge is 0.326 e. The van der Waals surface area contributed by atoms with Crippen LogP contribution in [-0.4, -0.2) is 63.2 Å². The van der Waals surface area contributed by atoms with Crippen LogP contribution in [0.5, 0.6) is 11.5 Å². The molecule has 3 aromatic carbocycles. The maximum Gasteiger partial charge on any atom is 0.326 e. The van der Waals surface area contributed by atoms with Gasteiger partial charge in [-0.25, -0.2) is 4.79 Å². The predicted molar refractivity (Wildman–Crippen MR) is 165 cm³/mol. The Morgan fingerprint density at radius 3 is 1.66 bits per heavy atom. The van der Waals surface area contributed by atoms with Gasteiger partial charge in [0.25, 0.3) is 0 Å². The molecule has 0 saturated carbocycles. The number of carbonyl (C=O) groups is 4. The van der Waals surface area contributed by atoms with Gasteiger partial charge in [0.05, 0.1) is 6.04 Å². The highest BCUT2D eigenvalue weighted by Crippen LogP contribution is 2.14. The number of benzene rings is 3. The molecule has 0 heterocycles. The zero-order valence-electron chi connectivity index (χ0n) is 24.8. The number of phenolic OH excluding ortho intramolecular Hbond substituents is 2. The normalized spacial score (nSPS) is 14.3. The maximum atomic E-state index is 13.6. The molecule has 11 nitrogen and oxygen atoms in total. The van der Waals surface area contributed by atoms with Crippen molar-refractivity contribution in [2.75, 3.05) is 0 Å². The summed E-state index contributed by atoms with van der Waals surface area (Å²) in [5, 5.41) is 36.9. The highest BCUT2D eigenvalue weighted by Gasteiger charge is 2.32. The first kappa shape index (κ1) is 33.6. The van der Waals surface area contributed by atoms with Crippen molar-refractivity contribution in [3.63, 3.8) is 0 Å². The molecule has 44 heavy (non-hydrogen) atoms. The number of phenols is 2. The molecule has 0 aliphatic heterocycles. The monoisotopic (exact) mass is 604 g/mol. The fourth-order valence-corrected chi connectivity index (χ4v) is 4.60. The van der Waals surface area contributed by atoms with E-state index in [9.17, 15) is 34.5 Å². The van der Waals surface area contributed by atoms with Crippen LogP contribution in [0, 0.1) is 5.92 Å². The van der Waals surface area contributed by atoms with Crippen LogP contribution in [0.25, 0.3) is 0 Å². The molecule has 8 N–H and O–H groups in total. The van der Waals surface area contributed by atoms with E-state index in [0.717, 1.165) is 11.1 Å². The highest BCUT2D eigenvalue weighted by molar-refractivity contribution is 5.94. The van der Waals surface area contributed by atoms with Gasteiger partial charge in [0.1, 0.15) is 29.6 Å². The van der Waals surface area contributed by atoms with E-state index in [2.05, 4.69) is 16.0 Å². The van der Waals surface area contributed by atoms with Crippen LogP contribution in [-0.2, 0) is 38.4 Å². The van der Waals surface area contributed by atoms with Gasteiger partial charge in [-0.2, -0.15) is 0 Å². The van der Waals surface area contributed by atoms with Crippen molar-refractivity contribution < 1.29 is 34.5 Å². The third kappa shape index (κ3) is 10.1. The van der Waals surface area contributed by atoms with E-state index in [4.69, 9.17) is 5.73 Å². The van der Waals surface area contributed by atoms with Gasteiger partial charge >= 0.3 is 5.97 Å². The average molecular weight is 605 g/mol. The Morgan fingerprint density at radius 2 is 1.14 bits per heavy atom. The van der Waals surface area contributed by atoms with Gasteiger partial charge in [-0.3, -0.25) is 14.4 Å². The van der Waals surface area contributed by atoms with E-state index in [1.807, 2.05) is 13.0 Å². The molecule has 0 bridgehead atoms. The van der Waals surface area contributed by atoms with Gasteiger partial charge in [-0.05, 0) is 53.3 Å². The summed E-state index contributed by atoms with van der Waals surface area (Å²) in [6.45, 7) is 3.66. The summed E-state index contributed by atoms with van der Waals surface area (Å²) in [5.41, 5.74) is 8.20. The van der Waals surface area contributed by atoms with E-state index in [0.29, 0.717) is 12.0 Å². The summed E-state index contributed by atoms with van der Waals surface area (Å²) in [4.78, 5) is 52.2. The molecule has 3 rings (SSSR count). The summed E-state index contributed by atoms with van der Waals surface area (Å²) >= 11 is 0. The van der Waals surface area contributed by atoms with Crippen LogP contribution in [0.15, 0.2) is 78.9 Å². The number of nitrogens with two attached hydrogens (primary N) is 1. The van der Waals surface area contributed by atoms with Crippen LogP contribution in [0.3, 0.4) is 0 Å². The molecule has 0 aliphatic rings. The molecular formula is C33H40N4O7. The minimum absolute atomic E-state index is 0.0274. The maximum absolute atomic E-state index is 13.6. The number of carboxylic acids is 1. The Kier molecular flexibility index (Phi) is 12.3. The van der Waals surface area contributed by atoms with Crippen LogP contribution in [0.2, 0.25) is 0 Å². The van der Waals surface area contributed by atoms with Gasteiger partial charge in [0.15, 0.2) is 0 Å². The van der Waals surface area contributed by atoms with Crippen molar-refractivity contribution in [2.45, 2.75) is 63.7 Å². The lowest BCUT2D eigenvalue weighted by atomic mass is 9.96. The summed E-state index contributed by atoms with van der Waals surface area (Å²) in [7, 11) is 0. The number of carbonyl (C=O) groups excluding carboxylic acids is 3. The summed E-state index contributed by atoms with van der Waals surface area (Å²) < 4.78 is 0. The van der Waals surface area contributed by atoms with Gasteiger partial charge in [-0.1, -0.05) is 74.9 Å². The number of carboxylic acid groups (broad SMARTS) is 1. The molecule has 234 valence electrons. The topological polar surface area (TPSA) is 191 Å². The highest BCUT2D eigenvalue weighted by atomic mass is 16.4. The van der Waals surface area contributed by atoms with Gasteiger partial charge in [-0.15, -0.1) is 0 Å². The van der Waals surface area contributed by atoms with Crippen molar-refractivity contribution in [3.8, 4) is 11.5 Å². The van der Waals surface area contributed by atoms with Gasteiger partial charge in [0, 0.05) is 12.8 Å². The van der Waals surface area contributed by atoms with Crippen molar-refractivity contribution >= 4 is 23.7 Å². The minimum Gasteiger partial charge on any atom is -0.508 e. The number of hydrogen-bond acceptors (Lipinski definition) is 7.